The topological polar surface area (TPSA) is 26.3 Å². The van der Waals surface area contributed by atoms with Gasteiger partial charge >= 0.3 is 5.97 Å². The number of fused-ring (bicyclic) bond motifs is 5. The van der Waals surface area contributed by atoms with Gasteiger partial charge < -0.3 is 4.74 Å². The Morgan fingerprint density at radius 2 is 2.00 bits per heavy atom. The molecule has 2 nitrogen and oxygen atoms in total. The molecule has 4 aliphatic carbocycles. The number of hydrogen-bond donors (Lipinski definition) is 0. The van der Waals surface area contributed by atoms with Crippen molar-refractivity contribution >= 4 is 17.6 Å². The van der Waals surface area contributed by atoms with Crippen LogP contribution in [-0.2, 0) is 9.53 Å². The molecule has 0 aromatic rings. The summed E-state index contributed by atoms with van der Waals surface area (Å²) in [6, 6.07) is 0. The molecule has 0 unspecified atom stereocenters. The van der Waals surface area contributed by atoms with Crippen molar-refractivity contribution in [2.24, 2.45) is 40.4 Å². The summed E-state index contributed by atoms with van der Waals surface area (Å²) in [5.74, 6) is 4.96. The first-order valence-corrected chi connectivity index (χ1v) is 12.8. The normalized spacial score (nSPS) is 44.9. The van der Waals surface area contributed by atoms with E-state index in [0.717, 1.165) is 48.3 Å². The number of carbonyl (C=O) groups excluding carboxylic acids is 1. The average molecular weight is 421 g/mol. The minimum Gasteiger partial charge on any atom is -0.462 e. The summed E-state index contributed by atoms with van der Waals surface area (Å²) < 4.78 is 5.59. The number of ether oxygens (including phenoxy) is 1. The Morgan fingerprint density at radius 3 is 2.72 bits per heavy atom. The molecular formula is C26H41ClO2. The number of esters is 1. The zero-order chi connectivity index (χ0) is 20.8. The van der Waals surface area contributed by atoms with Crippen LogP contribution in [0.4, 0.5) is 0 Å². The van der Waals surface area contributed by atoms with Crippen LogP contribution < -0.4 is 0 Å². The van der Waals surface area contributed by atoms with Crippen LogP contribution in [0.5, 0.6) is 0 Å². The number of rotatable bonds is 5. The highest BCUT2D eigenvalue weighted by molar-refractivity contribution is 6.17. The number of hydrogen-bond acceptors (Lipinski definition) is 2. The molecule has 3 saturated carbocycles. The van der Waals surface area contributed by atoms with E-state index in [4.69, 9.17) is 16.3 Å². The Balaban J connectivity index is 1.52. The molecule has 4 rings (SSSR count). The molecule has 0 spiro atoms. The standard InChI is InChI=1S/C26H41ClO2/c1-17(6-5-15-27)22-9-10-23-21-8-7-19-16-20(29-18(2)28)11-13-25(19,3)24(21)12-14-26(22,23)4/h7,17,20-24H,5-6,8-16H2,1-4H3/t17-,20+,21+,22-,23+,24+,25+,26-/m1/s1. The molecule has 0 N–H and O–H groups in total. The van der Waals surface area contributed by atoms with Gasteiger partial charge in [0, 0.05) is 19.2 Å². The van der Waals surface area contributed by atoms with Crippen molar-refractivity contribution in [3.63, 3.8) is 0 Å². The lowest BCUT2D eigenvalue weighted by atomic mass is 9.47. The van der Waals surface area contributed by atoms with Gasteiger partial charge in [-0.1, -0.05) is 32.4 Å². The van der Waals surface area contributed by atoms with Crippen LogP contribution in [-0.4, -0.2) is 18.0 Å². The lowest BCUT2D eigenvalue weighted by Crippen LogP contribution is -2.51. The van der Waals surface area contributed by atoms with Crippen LogP contribution in [0, 0.1) is 40.4 Å². The smallest absolute Gasteiger partial charge is 0.302 e. The molecular weight excluding hydrogens is 380 g/mol. The highest BCUT2D eigenvalue weighted by Gasteiger charge is 2.59. The summed E-state index contributed by atoms with van der Waals surface area (Å²) in [7, 11) is 0. The SMILES string of the molecule is CC(=O)O[C@H]1CC[C@@]2(C)C(=CC[C@H]3[C@@H]4CC[C@H]([C@H](C)CCCCl)[C@@]4(C)CC[C@@H]32)C1. The van der Waals surface area contributed by atoms with Crippen LogP contribution in [0.25, 0.3) is 0 Å². The third kappa shape index (κ3) is 3.70. The Hall–Kier alpha value is -0.500. The predicted molar refractivity (Wildman–Crippen MR) is 120 cm³/mol. The number of allylic oxidation sites excluding steroid dienone is 1. The summed E-state index contributed by atoms with van der Waals surface area (Å²) in [4.78, 5) is 11.4. The molecule has 0 heterocycles. The van der Waals surface area contributed by atoms with Crippen LogP contribution in [0.3, 0.4) is 0 Å². The van der Waals surface area contributed by atoms with Gasteiger partial charge in [0.1, 0.15) is 6.10 Å². The second kappa shape index (κ2) is 8.21. The van der Waals surface area contributed by atoms with E-state index in [1.165, 1.54) is 51.4 Å². The first kappa shape index (κ1) is 21.7. The molecule has 0 radical (unpaired) electrons. The first-order chi connectivity index (χ1) is 13.8. The number of alkyl halides is 1. The number of halogens is 1. The van der Waals surface area contributed by atoms with Gasteiger partial charge in [0.2, 0.25) is 0 Å². The van der Waals surface area contributed by atoms with E-state index in [0.29, 0.717) is 10.8 Å². The monoisotopic (exact) mass is 420 g/mol. The van der Waals surface area contributed by atoms with E-state index in [9.17, 15) is 4.79 Å². The molecule has 3 fully saturated rings. The molecule has 29 heavy (non-hydrogen) atoms. The predicted octanol–water partition coefficient (Wildman–Crippen LogP) is 7.15. The molecule has 0 saturated heterocycles. The Kier molecular flexibility index (Phi) is 6.15. The second-order valence-corrected chi connectivity index (χ2v) is 11.6. The van der Waals surface area contributed by atoms with E-state index in [-0.39, 0.29) is 12.1 Å². The molecule has 0 aliphatic heterocycles. The van der Waals surface area contributed by atoms with E-state index in [1.54, 1.807) is 12.5 Å². The van der Waals surface area contributed by atoms with Crippen molar-refractivity contribution in [3.8, 4) is 0 Å². The van der Waals surface area contributed by atoms with Crippen molar-refractivity contribution in [3.05, 3.63) is 11.6 Å². The van der Waals surface area contributed by atoms with E-state index < -0.39 is 0 Å². The fourth-order valence-electron chi connectivity index (χ4n) is 8.54. The van der Waals surface area contributed by atoms with Crippen molar-refractivity contribution in [2.75, 3.05) is 5.88 Å². The van der Waals surface area contributed by atoms with Crippen LogP contribution >= 0.6 is 11.6 Å². The summed E-state index contributed by atoms with van der Waals surface area (Å²) in [6.07, 6.45) is 15.3. The largest absolute Gasteiger partial charge is 0.462 e. The zero-order valence-corrected chi connectivity index (χ0v) is 19.8. The molecule has 4 aliphatic rings. The summed E-state index contributed by atoms with van der Waals surface area (Å²) in [5, 5.41) is 0. The molecule has 0 bridgehead atoms. The van der Waals surface area contributed by atoms with E-state index >= 15 is 0 Å². The third-order valence-corrected chi connectivity index (χ3v) is 10.2. The van der Waals surface area contributed by atoms with Gasteiger partial charge in [0.05, 0.1) is 0 Å². The Bertz CT molecular complexity index is 657. The maximum Gasteiger partial charge on any atom is 0.302 e. The second-order valence-electron chi connectivity index (χ2n) is 11.3. The van der Waals surface area contributed by atoms with Gasteiger partial charge in [-0.15, -0.1) is 11.6 Å². The van der Waals surface area contributed by atoms with Crippen LogP contribution in [0.2, 0.25) is 0 Å². The van der Waals surface area contributed by atoms with Gasteiger partial charge in [0.25, 0.3) is 0 Å². The molecule has 0 aromatic carbocycles. The molecule has 164 valence electrons. The van der Waals surface area contributed by atoms with Gasteiger partial charge in [-0.05, 0) is 98.2 Å². The van der Waals surface area contributed by atoms with Gasteiger partial charge in [-0.3, -0.25) is 4.79 Å². The molecule has 0 aromatic heterocycles. The van der Waals surface area contributed by atoms with E-state index in [2.05, 4.69) is 26.8 Å². The van der Waals surface area contributed by atoms with Gasteiger partial charge in [-0.25, -0.2) is 0 Å². The fourth-order valence-corrected chi connectivity index (χ4v) is 8.69. The highest BCUT2D eigenvalue weighted by atomic mass is 35.5. The Morgan fingerprint density at radius 1 is 1.21 bits per heavy atom. The summed E-state index contributed by atoms with van der Waals surface area (Å²) in [6.45, 7) is 9.22. The minimum absolute atomic E-state index is 0.107. The highest BCUT2D eigenvalue weighted by Crippen LogP contribution is 2.67. The fraction of sp³-hybridized carbons (Fsp3) is 0.885. The lowest BCUT2D eigenvalue weighted by Gasteiger charge is -2.58. The molecule has 0 amide bonds. The van der Waals surface area contributed by atoms with Gasteiger partial charge in [-0.2, -0.15) is 0 Å². The summed E-state index contributed by atoms with van der Waals surface area (Å²) in [5.41, 5.74) is 2.47. The van der Waals surface area contributed by atoms with Crippen molar-refractivity contribution in [1.82, 2.24) is 0 Å². The molecule has 3 heteroatoms. The number of carbonyl (C=O) groups is 1. The summed E-state index contributed by atoms with van der Waals surface area (Å²) >= 11 is 6.00. The molecule has 8 atom stereocenters. The van der Waals surface area contributed by atoms with Crippen LogP contribution in [0.1, 0.15) is 91.9 Å². The third-order valence-electron chi connectivity index (χ3n) is 9.94. The average Bonchev–Trinajstić information content (AvgIpc) is 3.03. The van der Waals surface area contributed by atoms with Crippen LogP contribution in [0.15, 0.2) is 11.6 Å². The van der Waals surface area contributed by atoms with Crippen molar-refractivity contribution < 1.29 is 9.53 Å². The zero-order valence-electron chi connectivity index (χ0n) is 19.0. The maximum absolute atomic E-state index is 11.4. The first-order valence-electron chi connectivity index (χ1n) is 12.2. The quantitative estimate of drug-likeness (QED) is 0.268. The van der Waals surface area contributed by atoms with Crippen molar-refractivity contribution in [2.45, 2.75) is 98.0 Å². The lowest BCUT2D eigenvalue weighted by molar-refractivity contribution is -0.148. The van der Waals surface area contributed by atoms with E-state index in [1.807, 2.05) is 0 Å². The maximum atomic E-state index is 11.4. The Labute approximate surface area is 183 Å². The van der Waals surface area contributed by atoms with Crippen molar-refractivity contribution in [1.29, 1.82) is 0 Å². The van der Waals surface area contributed by atoms with Gasteiger partial charge in [0.15, 0.2) is 0 Å². The minimum atomic E-state index is -0.124.